The van der Waals surface area contributed by atoms with Crippen LogP contribution in [0, 0.1) is 5.92 Å². The summed E-state index contributed by atoms with van der Waals surface area (Å²) in [6.07, 6.45) is 3.24. The summed E-state index contributed by atoms with van der Waals surface area (Å²) in [5.74, 6) is 0.689. The predicted molar refractivity (Wildman–Crippen MR) is 47.9 cm³/mol. The largest absolute Gasteiger partial charge is 0.313 e. The average Bonchev–Trinajstić information content (AvgIpc) is 2.43. The molecule has 0 saturated carbocycles. The van der Waals surface area contributed by atoms with Gasteiger partial charge in [0.05, 0.1) is 5.69 Å². The maximum absolute atomic E-state index is 4.42. The van der Waals surface area contributed by atoms with Gasteiger partial charge >= 0.3 is 0 Å². The SMILES string of the molecule is CNC1c2cn(C)nc2CC1C. The molecule has 2 rings (SSSR count). The Kier molecular flexibility index (Phi) is 1.68. The van der Waals surface area contributed by atoms with E-state index in [4.69, 9.17) is 0 Å². The minimum absolute atomic E-state index is 0.508. The topological polar surface area (TPSA) is 29.9 Å². The van der Waals surface area contributed by atoms with E-state index in [9.17, 15) is 0 Å². The van der Waals surface area contributed by atoms with Crippen LogP contribution < -0.4 is 5.32 Å². The van der Waals surface area contributed by atoms with Crippen molar-refractivity contribution in [3.8, 4) is 0 Å². The van der Waals surface area contributed by atoms with Crippen molar-refractivity contribution in [2.24, 2.45) is 13.0 Å². The third-order valence-electron chi connectivity index (χ3n) is 2.67. The lowest BCUT2D eigenvalue weighted by atomic mass is 10.0. The van der Waals surface area contributed by atoms with E-state index in [-0.39, 0.29) is 0 Å². The highest BCUT2D eigenvalue weighted by Crippen LogP contribution is 2.34. The molecule has 3 heteroatoms. The standard InChI is InChI=1S/C9H15N3/c1-6-4-8-7(9(6)10-2)5-12(3)11-8/h5-6,9-10H,4H2,1-3H3. The molecule has 1 aliphatic rings. The van der Waals surface area contributed by atoms with E-state index in [0.717, 1.165) is 6.42 Å². The monoisotopic (exact) mass is 165 g/mol. The molecule has 0 spiro atoms. The maximum Gasteiger partial charge on any atom is 0.0675 e. The quantitative estimate of drug-likeness (QED) is 0.669. The van der Waals surface area contributed by atoms with E-state index < -0.39 is 0 Å². The Balaban J connectivity index is 2.38. The van der Waals surface area contributed by atoms with E-state index >= 15 is 0 Å². The van der Waals surface area contributed by atoms with Gasteiger partial charge in [0.1, 0.15) is 0 Å². The first-order chi connectivity index (χ1) is 5.72. The number of aromatic nitrogens is 2. The zero-order valence-electron chi connectivity index (χ0n) is 7.83. The molecule has 1 N–H and O–H groups in total. The smallest absolute Gasteiger partial charge is 0.0675 e. The maximum atomic E-state index is 4.42. The van der Waals surface area contributed by atoms with E-state index in [0.29, 0.717) is 12.0 Å². The molecule has 1 heterocycles. The van der Waals surface area contributed by atoms with Crippen molar-refractivity contribution in [3.63, 3.8) is 0 Å². The normalized spacial score (nSPS) is 27.6. The van der Waals surface area contributed by atoms with Crippen LogP contribution in [0.25, 0.3) is 0 Å². The molecule has 0 bridgehead atoms. The number of nitrogens with zero attached hydrogens (tertiary/aromatic N) is 2. The molecule has 1 aliphatic carbocycles. The summed E-state index contributed by atoms with van der Waals surface area (Å²) in [6, 6.07) is 0.508. The second-order valence-electron chi connectivity index (χ2n) is 3.65. The molecule has 1 aromatic heterocycles. The van der Waals surface area contributed by atoms with Crippen LogP contribution in [0.4, 0.5) is 0 Å². The number of fused-ring (bicyclic) bond motifs is 1. The van der Waals surface area contributed by atoms with Crippen LogP contribution in [-0.2, 0) is 13.5 Å². The zero-order chi connectivity index (χ0) is 8.72. The Labute approximate surface area is 72.8 Å². The Morgan fingerprint density at radius 3 is 3.08 bits per heavy atom. The summed E-state index contributed by atoms with van der Waals surface area (Å²) in [7, 11) is 4.00. The summed E-state index contributed by atoms with van der Waals surface area (Å²) in [5, 5.41) is 7.75. The summed E-state index contributed by atoms with van der Waals surface area (Å²) in [6.45, 7) is 2.27. The molecule has 0 aromatic carbocycles. The fourth-order valence-corrected chi connectivity index (χ4v) is 2.14. The Hall–Kier alpha value is -0.830. The minimum Gasteiger partial charge on any atom is -0.313 e. The van der Waals surface area contributed by atoms with Crippen molar-refractivity contribution in [2.75, 3.05) is 7.05 Å². The highest BCUT2D eigenvalue weighted by Gasteiger charge is 2.30. The highest BCUT2D eigenvalue weighted by molar-refractivity contribution is 5.28. The first kappa shape index (κ1) is 7.80. The predicted octanol–water partition coefficient (Wildman–Crippen LogP) is 0.873. The molecule has 0 aliphatic heterocycles. The number of aryl methyl sites for hydroxylation is 1. The van der Waals surface area contributed by atoms with Gasteiger partial charge in [0, 0.05) is 24.8 Å². The summed E-state index contributed by atoms with van der Waals surface area (Å²) in [4.78, 5) is 0. The number of hydrogen-bond acceptors (Lipinski definition) is 2. The zero-order valence-corrected chi connectivity index (χ0v) is 7.83. The van der Waals surface area contributed by atoms with Gasteiger partial charge in [-0.25, -0.2) is 0 Å². The second kappa shape index (κ2) is 2.59. The van der Waals surface area contributed by atoms with Gasteiger partial charge in [0.2, 0.25) is 0 Å². The van der Waals surface area contributed by atoms with Crippen LogP contribution in [-0.4, -0.2) is 16.8 Å². The lowest BCUT2D eigenvalue weighted by Gasteiger charge is -2.14. The van der Waals surface area contributed by atoms with Gasteiger partial charge in [-0.05, 0) is 19.4 Å². The third kappa shape index (κ3) is 0.966. The van der Waals surface area contributed by atoms with E-state index in [1.165, 1.54) is 11.3 Å². The van der Waals surface area contributed by atoms with Crippen molar-refractivity contribution in [1.29, 1.82) is 0 Å². The summed E-state index contributed by atoms with van der Waals surface area (Å²) in [5.41, 5.74) is 2.65. The molecule has 2 atom stereocenters. The first-order valence-corrected chi connectivity index (χ1v) is 4.42. The van der Waals surface area contributed by atoms with Gasteiger partial charge < -0.3 is 5.32 Å². The molecule has 1 aromatic rings. The summed E-state index contributed by atoms with van der Waals surface area (Å²) < 4.78 is 1.90. The lowest BCUT2D eigenvalue weighted by Crippen LogP contribution is -2.19. The lowest BCUT2D eigenvalue weighted by molar-refractivity contribution is 0.440. The molecule has 12 heavy (non-hydrogen) atoms. The van der Waals surface area contributed by atoms with Crippen LogP contribution in [0.15, 0.2) is 6.20 Å². The fraction of sp³-hybridized carbons (Fsp3) is 0.667. The molecule has 66 valence electrons. The number of rotatable bonds is 1. The van der Waals surface area contributed by atoms with E-state index in [1.807, 2.05) is 18.8 Å². The molecule has 2 unspecified atom stereocenters. The Bertz CT molecular complexity index is 290. The molecule has 0 amide bonds. The van der Waals surface area contributed by atoms with E-state index in [1.54, 1.807) is 0 Å². The van der Waals surface area contributed by atoms with Crippen LogP contribution in [0.1, 0.15) is 24.2 Å². The van der Waals surface area contributed by atoms with Crippen LogP contribution in [0.2, 0.25) is 0 Å². The highest BCUT2D eigenvalue weighted by atomic mass is 15.3. The molecule has 0 saturated heterocycles. The molecular weight excluding hydrogens is 150 g/mol. The molecule has 0 fully saturated rings. The second-order valence-corrected chi connectivity index (χ2v) is 3.65. The van der Waals surface area contributed by atoms with Crippen LogP contribution in [0.3, 0.4) is 0 Å². The Morgan fingerprint density at radius 1 is 1.67 bits per heavy atom. The number of hydrogen-bond donors (Lipinski definition) is 1. The van der Waals surface area contributed by atoms with Crippen molar-refractivity contribution in [3.05, 3.63) is 17.5 Å². The number of nitrogens with one attached hydrogen (secondary N) is 1. The van der Waals surface area contributed by atoms with Gasteiger partial charge in [-0.2, -0.15) is 5.10 Å². The van der Waals surface area contributed by atoms with Gasteiger partial charge in [-0.3, -0.25) is 4.68 Å². The molecular formula is C9H15N3. The van der Waals surface area contributed by atoms with Gasteiger partial charge in [-0.15, -0.1) is 0 Å². The van der Waals surface area contributed by atoms with Crippen LogP contribution in [0.5, 0.6) is 0 Å². The fourth-order valence-electron chi connectivity index (χ4n) is 2.14. The average molecular weight is 165 g/mol. The van der Waals surface area contributed by atoms with Gasteiger partial charge in [-0.1, -0.05) is 6.92 Å². The van der Waals surface area contributed by atoms with E-state index in [2.05, 4.69) is 23.5 Å². The summed E-state index contributed by atoms with van der Waals surface area (Å²) >= 11 is 0. The first-order valence-electron chi connectivity index (χ1n) is 4.42. The molecule has 0 radical (unpaired) electrons. The van der Waals surface area contributed by atoms with Crippen molar-refractivity contribution < 1.29 is 0 Å². The van der Waals surface area contributed by atoms with Crippen molar-refractivity contribution in [2.45, 2.75) is 19.4 Å². The molecule has 3 nitrogen and oxygen atoms in total. The Morgan fingerprint density at radius 2 is 2.42 bits per heavy atom. The van der Waals surface area contributed by atoms with Crippen molar-refractivity contribution in [1.82, 2.24) is 15.1 Å². The van der Waals surface area contributed by atoms with Gasteiger partial charge in [0.25, 0.3) is 0 Å². The van der Waals surface area contributed by atoms with Gasteiger partial charge in [0.15, 0.2) is 0 Å². The minimum atomic E-state index is 0.508. The van der Waals surface area contributed by atoms with Crippen LogP contribution >= 0.6 is 0 Å². The third-order valence-corrected chi connectivity index (χ3v) is 2.67. The van der Waals surface area contributed by atoms with Crippen molar-refractivity contribution >= 4 is 0 Å².